The minimum absolute atomic E-state index is 0.315. The Morgan fingerprint density at radius 1 is 1.05 bits per heavy atom. The molecule has 0 saturated carbocycles. The molecule has 104 valence electrons. The highest BCUT2D eigenvalue weighted by Crippen LogP contribution is 2.22. The Morgan fingerprint density at radius 2 is 1.65 bits per heavy atom. The second kappa shape index (κ2) is 5.71. The number of carbonyl (C=O) groups is 1. The summed E-state index contributed by atoms with van der Waals surface area (Å²) in [5, 5.41) is -0.339. The van der Waals surface area contributed by atoms with Gasteiger partial charge in [0.1, 0.15) is 11.6 Å². The molecule has 0 unspecified atom stereocenters. The fourth-order valence-electron chi connectivity index (χ4n) is 1.87. The van der Waals surface area contributed by atoms with Gasteiger partial charge in [-0.3, -0.25) is 4.79 Å². The molecular formula is C16H13ClF2O. The van der Waals surface area contributed by atoms with E-state index in [0.717, 1.165) is 17.7 Å². The minimum atomic E-state index is -0.825. The third-order valence-electron chi connectivity index (χ3n) is 3.09. The number of rotatable bonds is 3. The van der Waals surface area contributed by atoms with Crippen molar-refractivity contribution >= 4 is 17.4 Å². The van der Waals surface area contributed by atoms with E-state index in [9.17, 15) is 13.6 Å². The van der Waals surface area contributed by atoms with Crippen LogP contribution in [0.3, 0.4) is 0 Å². The van der Waals surface area contributed by atoms with Crippen molar-refractivity contribution < 1.29 is 13.6 Å². The van der Waals surface area contributed by atoms with Gasteiger partial charge in [-0.1, -0.05) is 49.7 Å². The van der Waals surface area contributed by atoms with Gasteiger partial charge in [-0.2, -0.15) is 0 Å². The largest absolute Gasteiger partial charge is 0.288 e. The summed E-state index contributed by atoms with van der Waals surface area (Å²) < 4.78 is 27.1. The molecule has 2 aromatic carbocycles. The molecule has 0 saturated heterocycles. The SMILES string of the molecule is CC(C)c1ccc(C(=O)c2cc(F)c(Cl)cc2F)cc1. The Hall–Kier alpha value is -1.74. The summed E-state index contributed by atoms with van der Waals surface area (Å²) in [6, 6.07) is 8.49. The highest BCUT2D eigenvalue weighted by atomic mass is 35.5. The molecule has 0 spiro atoms. The molecule has 1 nitrogen and oxygen atoms in total. The van der Waals surface area contributed by atoms with Crippen LogP contribution in [-0.4, -0.2) is 5.78 Å². The lowest BCUT2D eigenvalue weighted by molar-refractivity contribution is 0.103. The molecule has 0 aliphatic heterocycles. The van der Waals surface area contributed by atoms with E-state index in [0.29, 0.717) is 11.5 Å². The second-order valence-corrected chi connectivity index (χ2v) is 5.26. The average molecular weight is 295 g/mol. The van der Waals surface area contributed by atoms with Gasteiger partial charge in [0, 0.05) is 5.56 Å². The van der Waals surface area contributed by atoms with E-state index in [1.54, 1.807) is 12.1 Å². The van der Waals surface area contributed by atoms with Crippen LogP contribution in [-0.2, 0) is 0 Å². The smallest absolute Gasteiger partial charge is 0.196 e. The number of benzene rings is 2. The molecular weight excluding hydrogens is 282 g/mol. The molecule has 0 aliphatic carbocycles. The van der Waals surface area contributed by atoms with Crippen LogP contribution < -0.4 is 0 Å². The summed E-state index contributed by atoms with van der Waals surface area (Å²) in [5.41, 5.74) is 1.07. The van der Waals surface area contributed by atoms with Crippen molar-refractivity contribution in [1.82, 2.24) is 0 Å². The van der Waals surface area contributed by atoms with Crippen molar-refractivity contribution in [1.29, 1.82) is 0 Å². The average Bonchev–Trinajstić information content (AvgIpc) is 2.42. The quantitative estimate of drug-likeness (QED) is 0.577. The summed E-state index contributed by atoms with van der Waals surface area (Å²) in [7, 11) is 0. The topological polar surface area (TPSA) is 17.1 Å². The number of hydrogen-bond donors (Lipinski definition) is 0. The highest BCUT2D eigenvalue weighted by Gasteiger charge is 2.17. The van der Waals surface area contributed by atoms with E-state index in [1.165, 1.54) is 0 Å². The summed E-state index contributed by atoms with van der Waals surface area (Å²) in [6.45, 7) is 4.07. The zero-order chi connectivity index (χ0) is 14.9. The summed E-state index contributed by atoms with van der Waals surface area (Å²) >= 11 is 5.47. The summed E-state index contributed by atoms with van der Waals surface area (Å²) in [4.78, 5) is 12.2. The lowest BCUT2D eigenvalue weighted by Crippen LogP contribution is -2.05. The first-order valence-electron chi connectivity index (χ1n) is 6.19. The van der Waals surface area contributed by atoms with Crippen molar-refractivity contribution in [2.45, 2.75) is 19.8 Å². The van der Waals surface area contributed by atoms with Crippen molar-refractivity contribution in [3.8, 4) is 0 Å². The van der Waals surface area contributed by atoms with Crippen LogP contribution in [0.4, 0.5) is 8.78 Å². The fraction of sp³-hybridized carbons (Fsp3) is 0.188. The van der Waals surface area contributed by atoms with Crippen molar-refractivity contribution in [3.63, 3.8) is 0 Å². The lowest BCUT2D eigenvalue weighted by atomic mass is 9.98. The standard InChI is InChI=1S/C16H13ClF2O/c1-9(2)10-3-5-11(6-4-10)16(20)12-7-15(19)13(17)8-14(12)18/h3-9H,1-2H3. The number of hydrogen-bond acceptors (Lipinski definition) is 1. The predicted octanol–water partition coefficient (Wildman–Crippen LogP) is 4.97. The molecule has 0 radical (unpaired) electrons. The van der Waals surface area contributed by atoms with Crippen LogP contribution in [0.2, 0.25) is 5.02 Å². The van der Waals surface area contributed by atoms with Crippen LogP contribution >= 0.6 is 11.6 Å². The maximum Gasteiger partial charge on any atom is 0.196 e. The summed E-state index contributed by atoms with van der Waals surface area (Å²) in [6.07, 6.45) is 0. The van der Waals surface area contributed by atoms with Crippen molar-refractivity contribution in [2.24, 2.45) is 0 Å². The maximum absolute atomic E-state index is 13.7. The van der Waals surface area contributed by atoms with Crippen molar-refractivity contribution in [2.75, 3.05) is 0 Å². The fourth-order valence-corrected chi connectivity index (χ4v) is 2.02. The molecule has 0 aromatic heterocycles. The van der Waals surface area contributed by atoms with Crippen LogP contribution in [0.15, 0.2) is 36.4 Å². The molecule has 4 heteroatoms. The van der Waals surface area contributed by atoms with Crippen LogP contribution in [0, 0.1) is 11.6 Å². The van der Waals surface area contributed by atoms with E-state index in [4.69, 9.17) is 11.6 Å². The minimum Gasteiger partial charge on any atom is -0.288 e. The van der Waals surface area contributed by atoms with E-state index < -0.39 is 17.4 Å². The van der Waals surface area contributed by atoms with E-state index in [2.05, 4.69) is 0 Å². The third kappa shape index (κ3) is 2.88. The molecule has 0 atom stereocenters. The third-order valence-corrected chi connectivity index (χ3v) is 3.38. The normalized spacial score (nSPS) is 10.9. The molecule has 0 bridgehead atoms. The van der Waals surface area contributed by atoms with Gasteiger partial charge in [0.25, 0.3) is 0 Å². The van der Waals surface area contributed by atoms with Gasteiger partial charge < -0.3 is 0 Å². The molecule has 2 rings (SSSR count). The first kappa shape index (κ1) is 14.7. The summed E-state index contributed by atoms with van der Waals surface area (Å²) in [5.74, 6) is -1.86. The van der Waals surface area contributed by atoms with Crippen molar-refractivity contribution in [3.05, 3.63) is 69.7 Å². The Balaban J connectivity index is 2.38. The van der Waals surface area contributed by atoms with Gasteiger partial charge in [0.2, 0.25) is 0 Å². The highest BCUT2D eigenvalue weighted by molar-refractivity contribution is 6.30. The molecule has 0 N–H and O–H groups in total. The van der Waals surface area contributed by atoms with Crippen LogP contribution in [0.1, 0.15) is 41.3 Å². The Kier molecular flexibility index (Phi) is 4.19. The van der Waals surface area contributed by atoms with Gasteiger partial charge in [-0.05, 0) is 23.6 Å². The number of halogens is 3. The second-order valence-electron chi connectivity index (χ2n) is 4.85. The zero-order valence-corrected chi connectivity index (χ0v) is 11.8. The Bertz CT molecular complexity index is 648. The van der Waals surface area contributed by atoms with Gasteiger partial charge in [0.05, 0.1) is 10.6 Å². The molecule has 0 fully saturated rings. The Labute approximate surface area is 121 Å². The molecule has 2 aromatic rings. The maximum atomic E-state index is 13.7. The molecule has 20 heavy (non-hydrogen) atoms. The number of carbonyl (C=O) groups excluding carboxylic acids is 1. The predicted molar refractivity (Wildman–Crippen MR) is 75.3 cm³/mol. The van der Waals surface area contributed by atoms with E-state index >= 15 is 0 Å². The molecule has 0 aliphatic rings. The van der Waals surface area contributed by atoms with Crippen LogP contribution in [0.25, 0.3) is 0 Å². The van der Waals surface area contributed by atoms with E-state index in [-0.39, 0.29) is 10.6 Å². The number of ketones is 1. The molecule has 0 heterocycles. The Morgan fingerprint density at radius 3 is 2.20 bits per heavy atom. The van der Waals surface area contributed by atoms with E-state index in [1.807, 2.05) is 26.0 Å². The van der Waals surface area contributed by atoms with Gasteiger partial charge >= 0.3 is 0 Å². The van der Waals surface area contributed by atoms with Gasteiger partial charge in [0.15, 0.2) is 5.78 Å². The van der Waals surface area contributed by atoms with Gasteiger partial charge in [-0.25, -0.2) is 8.78 Å². The molecule has 0 amide bonds. The first-order chi connectivity index (χ1) is 9.40. The van der Waals surface area contributed by atoms with Gasteiger partial charge in [-0.15, -0.1) is 0 Å². The first-order valence-corrected chi connectivity index (χ1v) is 6.57. The monoisotopic (exact) mass is 294 g/mol. The zero-order valence-electron chi connectivity index (χ0n) is 11.1. The lowest BCUT2D eigenvalue weighted by Gasteiger charge is -2.07. The van der Waals surface area contributed by atoms with Crippen LogP contribution in [0.5, 0.6) is 0 Å².